The molecule has 0 aliphatic heterocycles. The number of nitrogens with zero attached hydrogens (tertiary/aromatic N) is 1. The van der Waals surface area contributed by atoms with Gasteiger partial charge >= 0.3 is 0 Å². The van der Waals surface area contributed by atoms with Crippen LogP contribution in [0.25, 0.3) is 0 Å². The van der Waals surface area contributed by atoms with Crippen LogP contribution in [0.15, 0.2) is 29.2 Å². The highest BCUT2D eigenvalue weighted by atomic mass is 35.5. The topological polar surface area (TPSA) is 105 Å². The number of nitrogens with one attached hydrogen (secondary N) is 1. The van der Waals surface area contributed by atoms with Crippen molar-refractivity contribution in [3.8, 4) is 5.75 Å². The van der Waals surface area contributed by atoms with E-state index in [4.69, 9.17) is 28.9 Å². The Hall–Kier alpha value is -1.70. The van der Waals surface area contributed by atoms with Crippen molar-refractivity contribution in [1.29, 1.82) is 0 Å². The largest absolute Gasteiger partial charge is 0.506 e. The maximum atomic E-state index is 12.3. The second-order valence-corrected chi connectivity index (χ2v) is 6.68. The molecule has 0 fully saturated rings. The lowest BCUT2D eigenvalue weighted by Gasteiger charge is -2.12. The highest BCUT2D eigenvalue weighted by Crippen LogP contribution is 2.30. The lowest BCUT2D eigenvalue weighted by Crippen LogP contribution is -2.14. The van der Waals surface area contributed by atoms with Crippen LogP contribution in [0.1, 0.15) is 5.56 Å². The van der Waals surface area contributed by atoms with E-state index in [-0.39, 0.29) is 32.3 Å². The van der Waals surface area contributed by atoms with E-state index in [0.717, 1.165) is 6.07 Å². The van der Waals surface area contributed by atoms with Crippen molar-refractivity contribution in [3.63, 3.8) is 0 Å². The van der Waals surface area contributed by atoms with E-state index >= 15 is 0 Å². The van der Waals surface area contributed by atoms with Crippen LogP contribution in [0.3, 0.4) is 0 Å². The summed E-state index contributed by atoms with van der Waals surface area (Å²) in [6.45, 7) is 1.64. The lowest BCUT2D eigenvalue weighted by atomic mass is 10.3. The van der Waals surface area contributed by atoms with Gasteiger partial charge in [-0.2, -0.15) is 0 Å². The molecule has 0 unspecified atom stereocenters. The molecule has 6 nitrogen and oxygen atoms in total. The first kappa shape index (κ1) is 15.7. The van der Waals surface area contributed by atoms with Crippen LogP contribution < -0.4 is 10.5 Å². The van der Waals surface area contributed by atoms with Crippen LogP contribution in [0.4, 0.5) is 11.4 Å². The smallest absolute Gasteiger partial charge is 0.262 e. The summed E-state index contributed by atoms with van der Waals surface area (Å²) in [5.41, 5.74) is 6.10. The normalized spacial score (nSPS) is 11.4. The van der Waals surface area contributed by atoms with E-state index in [1.54, 1.807) is 6.92 Å². The summed E-state index contributed by atoms with van der Waals surface area (Å²) in [5.74, 6) is -0.198. The number of aryl methyl sites for hydroxylation is 1. The van der Waals surface area contributed by atoms with Crippen LogP contribution >= 0.6 is 23.2 Å². The zero-order valence-corrected chi connectivity index (χ0v) is 13.1. The number of rotatable bonds is 3. The molecule has 9 heteroatoms. The summed E-state index contributed by atoms with van der Waals surface area (Å²) < 4.78 is 26.9. The number of phenols is 1. The predicted octanol–water partition coefficient (Wildman–Crippen LogP) is 2.79. The Morgan fingerprint density at radius 3 is 2.52 bits per heavy atom. The molecule has 2 aromatic rings. The SMILES string of the molecule is Cc1cc(Cl)nc(Cl)c1NS(=O)(=O)c1ccc(O)c(N)c1. The Bertz CT molecular complexity index is 786. The number of hydrogen-bond donors (Lipinski definition) is 3. The highest BCUT2D eigenvalue weighted by Gasteiger charge is 2.19. The Morgan fingerprint density at radius 1 is 1.29 bits per heavy atom. The van der Waals surface area contributed by atoms with Crippen molar-refractivity contribution in [1.82, 2.24) is 4.98 Å². The van der Waals surface area contributed by atoms with Gasteiger partial charge < -0.3 is 10.8 Å². The number of nitrogens with two attached hydrogens (primary N) is 1. The van der Waals surface area contributed by atoms with E-state index in [2.05, 4.69) is 9.71 Å². The summed E-state index contributed by atoms with van der Waals surface area (Å²) in [6, 6.07) is 5.04. The summed E-state index contributed by atoms with van der Waals surface area (Å²) in [5, 5.41) is 9.43. The van der Waals surface area contributed by atoms with Crippen LogP contribution in [0.2, 0.25) is 10.3 Å². The van der Waals surface area contributed by atoms with Crippen LogP contribution in [-0.4, -0.2) is 18.5 Å². The van der Waals surface area contributed by atoms with Crippen molar-refractivity contribution >= 4 is 44.6 Å². The lowest BCUT2D eigenvalue weighted by molar-refractivity contribution is 0.477. The average molecular weight is 348 g/mol. The Labute approximate surface area is 131 Å². The second-order valence-electron chi connectivity index (χ2n) is 4.25. The molecule has 0 saturated heterocycles. The number of nitrogen functional groups attached to an aromatic ring is 1. The molecule has 0 aliphatic carbocycles. The number of sulfonamides is 1. The van der Waals surface area contributed by atoms with Gasteiger partial charge in [0.05, 0.1) is 16.3 Å². The number of halogens is 2. The molecular weight excluding hydrogens is 337 g/mol. The van der Waals surface area contributed by atoms with E-state index < -0.39 is 10.0 Å². The molecule has 21 heavy (non-hydrogen) atoms. The number of aromatic nitrogens is 1. The van der Waals surface area contributed by atoms with Gasteiger partial charge in [-0.1, -0.05) is 23.2 Å². The van der Waals surface area contributed by atoms with E-state index in [1.807, 2.05) is 0 Å². The second kappa shape index (κ2) is 5.59. The molecule has 112 valence electrons. The van der Waals surface area contributed by atoms with E-state index in [0.29, 0.717) is 5.56 Å². The minimum absolute atomic E-state index is 0.0464. The van der Waals surface area contributed by atoms with Gasteiger partial charge in [0.15, 0.2) is 5.15 Å². The fourth-order valence-electron chi connectivity index (χ4n) is 1.61. The summed E-state index contributed by atoms with van der Waals surface area (Å²) in [7, 11) is -3.92. The molecule has 0 amide bonds. The zero-order valence-electron chi connectivity index (χ0n) is 10.8. The van der Waals surface area contributed by atoms with Crippen molar-refractivity contribution in [2.75, 3.05) is 10.5 Å². The minimum atomic E-state index is -3.92. The summed E-state index contributed by atoms with van der Waals surface area (Å²) in [4.78, 5) is 3.68. The Kier molecular flexibility index (Phi) is 4.18. The zero-order chi connectivity index (χ0) is 15.8. The van der Waals surface area contributed by atoms with Crippen molar-refractivity contribution in [2.24, 2.45) is 0 Å². The Balaban J connectivity index is 2.44. The first-order valence-electron chi connectivity index (χ1n) is 5.64. The fraction of sp³-hybridized carbons (Fsp3) is 0.0833. The van der Waals surface area contributed by atoms with Gasteiger partial charge in [0.25, 0.3) is 10.0 Å². The van der Waals surface area contributed by atoms with Gasteiger partial charge in [0.1, 0.15) is 10.9 Å². The first-order valence-corrected chi connectivity index (χ1v) is 7.88. The van der Waals surface area contributed by atoms with E-state index in [1.165, 1.54) is 18.2 Å². The fourth-order valence-corrected chi connectivity index (χ4v) is 3.42. The van der Waals surface area contributed by atoms with Crippen LogP contribution in [0.5, 0.6) is 5.75 Å². The number of hydrogen-bond acceptors (Lipinski definition) is 5. The third kappa shape index (κ3) is 3.31. The molecule has 0 spiro atoms. The molecule has 0 atom stereocenters. The molecule has 0 saturated carbocycles. The van der Waals surface area contributed by atoms with Gasteiger partial charge in [-0.05, 0) is 36.8 Å². The van der Waals surface area contributed by atoms with Crippen molar-refractivity contribution in [3.05, 3.63) is 40.1 Å². The number of anilines is 2. The maximum absolute atomic E-state index is 12.3. The number of benzene rings is 1. The van der Waals surface area contributed by atoms with Gasteiger partial charge in [0.2, 0.25) is 0 Å². The van der Waals surface area contributed by atoms with E-state index in [9.17, 15) is 13.5 Å². The molecule has 0 aliphatic rings. The maximum Gasteiger partial charge on any atom is 0.262 e. The van der Waals surface area contributed by atoms with Crippen molar-refractivity contribution in [2.45, 2.75) is 11.8 Å². The van der Waals surface area contributed by atoms with Crippen molar-refractivity contribution < 1.29 is 13.5 Å². The number of pyridine rings is 1. The monoisotopic (exact) mass is 347 g/mol. The number of phenolic OH excluding ortho intramolecular Hbond substituents is 1. The van der Waals surface area contributed by atoms with Gasteiger partial charge in [-0.25, -0.2) is 13.4 Å². The minimum Gasteiger partial charge on any atom is -0.506 e. The molecule has 0 radical (unpaired) electrons. The number of aromatic hydroxyl groups is 1. The molecule has 1 heterocycles. The standard InChI is InChI=1S/C12H11Cl2N3O3S/c1-6-4-10(13)16-12(14)11(6)17-21(19,20)7-2-3-9(18)8(15)5-7/h2-5,17-18H,15H2,1H3. The molecule has 1 aromatic heterocycles. The first-order chi connectivity index (χ1) is 9.70. The van der Waals surface area contributed by atoms with Crippen LogP contribution in [0, 0.1) is 6.92 Å². The average Bonchev–Trinajstić information content (AvgIpc) is 2.37. The third-order valence-corrected chi connectivity index (χ3v) is 4.50. The predicted molar refractivity (Wildman–Crippen MR) is 82.3 cm³/mol. The van der Waals surface area contributed by atoms with Crippen LogP contribution in [-0.2, 0) is 10.0 Å². The van der Waals surface area contributed by atoms with Gasteiger partial charge in [-0.3, -0.25) is 4.72 Å². The summed E-state index contributed by atoms with van der Waals surface area (Å²) in [6.07, 6.45) is 0. The van der Waals surface area contributed by atoms with Gasteiger partial charge in [-0.15, -0.1) is 0 Å². The quantitative estimate of drug-likeness (QED) is 0.449. The molecule has 0 bridgehead atoms. The highest BCUT2D eigenvalue weighted by molar-refractivity contribution is 7.92. The third-order valence-electron chi connectivity index (χ3n) is 2.69. The molecule has 1 aromatic carbocycles. The summed E-state index contributed by atoms with van der Waals surface area (Å²) >= 11 is 11.6. The molecule has 2 rings (SSSR count). The molecule has 4 N–H and O–H groups in total. The van der Waals surface area contributed by atoms with Gasteiger partial charge in [0, 0.05) is 0 Å². The molecular formula is C12H11Cl2N3O3S. The Morgan fingerprint density at radius 2 is 1.95 bits per heavy atom.